The molecule has 1 amide bonds. The van der Waals surface area contributed by atoms with Gasteiger partial charge in [0.05, 0.1) is 12.8 Å². The molecule has 146 valence electrons. The summed E-state index contributed by atoms with van der Waals surface area (Å²) in [4.78, 5) is 29.5. The van der Waals surface area contributed by atoms with Gasteiger partial charge in [0.15, 0.2) is 0 Å². The molecule has 4 rings (SSSR count). The number of hydrogen-bond donors (Lipinski definition) is 1. The summed E-state index contributed by atoms with van der Waals surface area (Å²) in [6.45, 7) is -0.231. The van der Waals surface area contributed by atoms with Crippen LogP contribution in [0.4, 0.5) is 5.69 Å². The van der Waals surface area contributed by atoms with Crippen molar-refractivity contribution < 1.29 is 14.1 Å². The quantitative estimate of drug-likeness (QED) is 0.541. The van der Waals surface area contributed by atoms with Gasteiger partial charge in [0.2, 0.25) is 5.91 Å². The van der Waals surface area contributed by atoms with Gasteiger partial charge in [-0.2, -0.15) is 0 Å². The van der Waals surface area contributed by atoms with Crippen molar-refractivity contribution in [3.05, 3.63) is 70.2 Å². The van der Waals surface area contributed by atoms with Gasteiger partial charge in [-0.25, -0.2) is 4.98 Å². The second kappa shape index (κ2) is 7.76. The van der Waals surface area contributed by atoms with Gasteiger partial charge in [-0.05, 0) is 24.3 Å². The summed E-state index contributed by atoms with van der Waals surface area (Å²) in [6.07, 6.45) is 1.25. The van der Waals surface area contributed by atoms with Crippen LogP contribution >= 0.6 is 11.6 Å². The maximum Gasteiger partial charge on any atom is 0.267 e. The van der Waals surface area contributed by atoms with Gasteiger partial charge in [0.25, 0.3) is 11.3 Å². The predicted octanol–water partition coefficient (Wildman–Crippen LogP) is 3.35. The Morgan fingerprint density at radius 2 is 1.97 bits per heavy atom. The zero-order valence-electron chi connectivity index (χ0n) is 15.3. The number of methoxy groups -OCH3 is 1. The van der Waals surface area contributed by atoms with E-state index in [1.165, 1.54) is 18.0 Å². The van der Waals surface area contributed by atoms with Crippen molar-refractivity contribution in [2.24, 2.45) is 0 Å². The van der Waals surface area contributed by atoms with Gasteiger partial charge in [0, 0.05) is 10.6 Å². The number of carbonyl (C=O) groups is 1. The number of nitrogens with zero attached hydrogens (tertiary/aromatic N) is 3. The van der Waals surface area contributed by atoms with E-state index in [-0.39, 0.29) is 17.6 Å². The minimum absolute atomic E-state index is 0.0985. The number of para-hydroxylation sites is 2. The summed E-state index contributed by atoms with van der Waals surface area (Å²) < 4.78 is 11.6. The van der Waals surface area contributed by atoms with Gasteiger partial charge in [-0.15, -0.1) is 0 Å². The molecule has 0 aliphatic carbocycles. The molecule has 2 aromatic carbocycles. The number of amides is 1. The lowest BCUT2D eigenvalue weighted by Crippen LogP contribution is -2.28. The zero-order chi connectivity index (χ0) is 20.4. The lowest BCUT2D eigenvalue weighted by molar-refractivity contribution is -0.116. The highest BCUT2D eigenvalue weighted by atomic mass is 35.5. The normalized spacial score (nSPS) is 10.8. The summed E-state index contributed by atoms with van der Waals surface area (Å²) in [7, 11) is 1.51. The number of halogens is 1. The Hall–Kier alpha value is -3.65. The van der Waals surface area contributed by atoms with Crippen LogP contribution in [0, 0.1) is 0 Å². The Morgan fingerprint density at radius 3 is 2.72 bits per heavy atom. The van der Waals surface area contributed by atoms with Crippen LogP contribution < -0.4 is 15.6 Å². The van der Waals surface area contributed by atoms with Gasteiger partial charge in [0.1, 0.15) is 29.7 Å². The third-order valence-electron chi connectivity index (χ3n) is 4.28. The summed E-state index contributed by atoms with van der Waals surface area (Å²) in [5, 5.41) is 7.44. The first kappa shape index (κ1) is 18.7. The molecule has 8 nitrogen and oxygen atoms in total. The van der Waals surface area contributed by atoms with Crippen molar-refractivity contribution >= 4 is 34.3 Å². The molecule has 0 aliphatic rings. The van der Waals surface area contributed by atoms with Gasteiger partial charge >= 0.3 is 0 Å². The van der Waals surface area contributed by atoms with E-state index in [9.17, 15) is 9.59 Å². The zero-order valence-corrected chi connectivity index (χ0v) is 16.0. The molecule has 29 heavy (non-hydrogen) atoms. The first-order chi connectivity index (χ1) is 14.1. The fourth-order valence-electron chi connectivity index (χ4n) is 2.89. The maximum atomic E-state index is 13.0. The average molecular weight is 411 g/mol. The third-order valence-corrected chi connectivity index (χ3v) is 4.53. The van der Waals surface area contributed by atoms with Gasteiger partial charge < -0.3 is 14.6 Å². The second-order valence-electron chi connectivity index (χ2n) is 6.14. The molecule has 2 aromatic heterocycles. The second-order valence-corrected chi connectivity index (χ2v) is 6.58. The fraction of sp³-hybridized carbons (Fsp3) is 0.100. The lowest BCUT2D eigenvalue weighted by atomic mass is 10.1. The Balaban J connectivity index is 1.65. The topological polar surface area (TPSA) is 99.2 Å². The fourth-order valence-corrected chi connectivity index (χ4v) is 3.02. The van der Waals surface area contributed by atoms with Crippen molar-refractivity contribution in [1.29, 1.82) is 0 Å². The first-order valence-electron chi connectivity index (χ1n) is 8.60. The van der Waals surface area contributed by atoms with E-state index in [0.717, 1.165) is 0 Å². The number of ether oxygens (including phenoxy) is 1. The van der Waals surface area contributed by atoms with Crippen LogP contribution in [0.15, 0.2) is 64.2 Å². The number of anilines is 1. The molecule has 0 fully saturated rings. The summed E-state index contributed by atoms with van der Waals surface area (Å²) in [5.41, 5.74) is 1.17. The van der Waals surface area contributed by atoms with Crippen LogP contribution in [0.3, 0.4) is 0 Å². The molecule has 0 saturated carbocycles. The smallest absolute Gasteiger partial charge is 0.267 e. The van der Waals surface area contributed by atoms with E-state index in [1.807, 2.05) is 0 Å². The molecule has 9 heteroatoms. The molecule has 0 radical (unpaired) electrons. The minimum Gasteiger partial charge on any atom is -0.495 e. The van der Waals surface area contributed by atoms with Crippen LogP contribution in [0.25, 0.3) is 22.4 Å². The molecule has 0 spiro atoms. The molecular formula is C20H15ClN4O4. The average Bonchev–Trinajstić information content (AvgIpc) is 3.16. The highest BCUT2D eigenvalue weighted by Crippen LogP contribution is 2.26. The molecule has 0 saturated heterocycles. The molecule has 0 aliphatic heterocycles. The molecule has 0 bridgehead atoms. The standard InChI is InChI=1S/C20H15ClN4O4/c1-28-15-5-3-2-4-14(15)23-16(26)10-25-11-22-19-17(20(25)27)18(24-29-19)12-6-8-13(21)9-7-12/h2-9,11H,10H2,1H3,(H,23,26). The van der Waals surface area contributed by atoms with Crippen molar-refractivity contribution in [1.82, 2.24) is 14.7 Å². The van der Waals surface area contributed by atoms with E-state index in [4.69, 9.17) is 20.9 Å². The summed E-state index contributed by atoms with van der Waals surface area (Å²) in [5.74, 6) is 0.119. The summed E-state index contributed by atoms with van der Waals surface area (Å²) in [6, 6.07) is 13.8. The number of benzene rings is 2. The number of nitrogens with one attached hydrogen (secondary N) is 1. The van der Waals surface area contributed by atoms with E-state index in [1.54, 1.807) is 48.5 Å². The molecule has 0 unspecified atom stereocenters. The Morgan fingerprint density at radius 1 is 1.21 bits per heavy atom. The Bertz CT molecular complexity index is 1250. The van der Waals surface area contributed by atoms with Crippen LogP contribution in [0.5, 0.6) is 5.75 Å². The molecular weight excluding hydrogens is 396 g/mol. The Kier molecular flexibility index (Phi) is 5.01. The number of hydrogen-bond acceptors (Lipinski definition) is 6. The van der Waals surface area contributed by atoms with Crippen LogP contribution in [-0.4, -0.2) is 27.7 Å². The monoisotopic (exact) mass is 410 g/mol. The lowest BCUT2D eigenvalue weighted by Gasteiger charge is -2.10. The van der Waals surface area contributed by atoms with Crippen molar-refractivity contribution in [3.8, 4) is 17.0 Å². The molecule has 1 N–H and O–H groups in total. The van der Waals surface area contributed by atoms with Crippen LogP contribution in [0.1, 0.15) is 0 Å². The summed E-state index contributed by atoms with van der Waals surface area (Å²) >= 11 is 5.92. The van der Waals surface area contributed by atoms with E-state index >= 15 is 0 Å². The van der Waals surface area contributed by atoms with Crippen molar-refractivity contribution in [2.45, 2.75) is 6.54 Å². The van der Waals surface area contributed by atoms with Crippen LogP contribution in [0.2, 0.25) is 5.02 Å². The van der Waals surface area contributed by atoms with Crippen molar-refractivity contribution in [3.63, 3.8) is 0 Å². The molecule has 4 aromatic rings. The van der Waals surface area contributed by atoms with E-state index in [0.29, 0.717) is 27.7 Å². The van der Waals surface area contributed by atoms with Gasteiger partial charge in [-0.3, -0.25) is 14.2 Å². The minimum atomic E-state index is -0.434. The Labute approximate surface area is 169 Å². The van der Waals surface area contributed by atoms with E-state index in [2.05, 4.69) is 15.5 Å². The molecule has 0 atom stereocenters. The molecule has 2 heterocycles. The number of aromatic nitrogens is 3. The number of carbonyl (C=O) groups excluding carboxylic acids is 1. The highest BCUT2D eigenvalue weighted by Gasteiger charge is 2.18. The number of fused-ring (bicyclic) bond motifs is 1. The predicted molar refractivity (Wildman–Crippen MR) is 108 cm³/mol. The van der Waals surface area contributed by atoms with Crippen molar-refractivity contribution in [2.75, 3.05) is 12.4 Å². The highest BCUT2D eigenvalue weighted by molar-refractivity contribution is 6.30. The van der Waals surface area contributed by atoms with Crippen LogP contribution in [-0.2, 0) is 11.3 Å². The third kappa shape index (κ3) is 3.70. The maximum absolute atomic E-state index is 13.0. The van der Waals surface area contributed by atoms with Gasteiger partial charge in [-0.1, -0.05) is 41.0 Å². The SMILES string of the molecule is COc1ccccc1NC(=O)Cn1cnc2onc(-c3ccc(Cl)cc3)c2c1=O. The largest absolute Gasteiger partial charge is 0.495 e. The first-order valence-corrected chi connectivity index (χ1v) is 8.98. The number of rotatable bonds is 5. The van der Waals surface area contributed by atoms with E-state index < -0.39 is 11.5 Å².